The number of benzene rings is 1. The Labute approximate surface area is 175 Å². The highest BCUT2D eigenvalue weighted by Gasteiger charge is 2.45. The molecule has 2 fully saturated rings. The Hall–Kier alpha value is -1.52. The van der Waals surface area contributed by atoms with Crippen LogP contribution in [0.2, 0.25) is 0 Å². The molecular formula is C25H35NO3. The van der Waals surface area contributed by atoms with Crippen molar-refractivity contribution in [2.24, 2.45) is 5.92 Å². The molecule has 29 heavy (non-hydrogen) atoms. The molecule has 2 aliphatic heterocycles. The van der Waals surface area contributed by atoms with Gasteiger partial charge in [0.05, 0.1) is 12.2 Å². The van der Waals surface area contributed by atoms with Crippen molar-refractivity contribution in [1.82, 2.24) is 5.32 Å². The van der Waals surface area contributed by atoms with E-state index in [0.717, 1.165) is 43.9 Å². The number of fused-ring (bicyclic) bond motifs is 3. The second kappa shape index (κ2) is 8.31. The van der Waals surface area contributed by atoms with Gasteiger partial charge in [-0.25, -0.2) is 0 Å². The van der Waals surface area contributed by atoms with Crippen LogP contribution in [0.15, 0.2) is 24.8 Å². The summed E-state index contributed by atoms with van der Waals surface area (Å²) in [6.07, 6.45) is 15.6. The Kier molecular flexibility index (Phi) is 5.57. The summed E-state index contributed by atoms with van der Waals surface area (Å²) in [7, 11) is 0. The van der Waals surface area contributed by atoms with Crippen LogP contribution >= 0.6 is 0 Å². The molecular weight excluding hydrogens is 362 g/mol. The van der Waals surface area contributed by atoms with Gasteiger partial charge in [-0.3, -0.25) is 0 Å². The molecule has 0 radical (unpaired) electrons. The van der Waals surface area contributed by atoms with Crippen molar-refractivity contribution in [1.29, 1.82) is 0 Å². The molecule has 1 aromatic carbocycles. The van der Waals surface area contributed by atoms with E-state index >= 15 is 0 Å². The number of rotatable bonds is 5. The van der Waals surface area contributed by atoms with Crippen molar-refractivity contribution in [3.8, 4) is 11.5 Å². The van der Waals surface area contributed by atoms with E-state index in [1.807, 2.05) is 6.08 Å². The van der Waals surface area contributed by atoms with Gasteiger partial charge in [0.1, 0.15) is 0 Å². The van der Waals surface area contributed by atoms with Crippen LogP contribution in [0.25, 0.3) is 0 Å². The molecule has 2 saturated carbocycles. The molecule has 2 unspecified atom stereocenters. The first-order chi connectivity index (χ1) is 14.3. The minimum absolute atomic E-state index is 0.0717. The molecule has 2 atom stereocenters. The molecule has 2 heterocycles. The van der Waals surface area contributed by atoms with Crippen molar-refractivity contribution in [3.05, 3.63) is 35.9 Å². The van der Waals surface area contributed by atoms with Crippen LogP contribution in [0.5, 0.6) is 11.5 Å². The maximum absolute atomic E-state index is 6.70. The molecule has 0 bridgehead atoms. The summed E-state index contributed by atoms with van der Waals surface area (Å²) in [5.41, 5.74) is 2.63. The second-order valence-corrected chi connectivity index (χ2v) is 9.35. The van der Waals surface area contributed by atoms with Gasteiger partial charge in [0.15, 0.2) is 11.5 Å². The van der Waals surface area contributed by atoms with Crippen molar-refractivity contribution in [3.63, 3.8) is 0 Å². The maximum Gasteiger partial charge on any atom is 0.251 e. The lowest BCUT2D eigenvalue weighted by Gasteiger charge is -2.38. The van der Waals surface area contributed by atoms with E-state index in [0.29, 0.717) is 5.92 Å². The second-order valence-electron chi connectivity index (χ2n) is 9.35. The van der Waals surface area contributed by atoms with Crippen LogP contribution in [0, 0.1) is 5.92 Å². The zero-order chi connectivity index (χ0) is 19.7. The fourth-order valence-electron chi connectivity index (χ4n) is 5.82. The average molecular weight is 398 g/mol. The maximum atomic E-state index is 6.70. The van der Waals surface area contributed by atoms with E-state index in [1.165, 1.54) is 62.5 Å². The van der Waals surface area contributed by atoms with Gasteiger partial charge < -0.3 is 19.5 Å². The van der Waals surface area contributed by atoms with Crippen molar-refractivity contribution in [2.75, 3.05) is 13.1 Å². The molecule has 4 nitrogen and oxygen atoms in total. The molecule has 4 aliphatic rings. The summed E-state index contributed by atoms with van der Waals surface area (Å²) >= 11 is 0. The van der Waals surface area contributed by atoms with Gasteiger partial charge in [-0.2, -0.15) is 0 Å². The summed E-state index contributed by atoms with van der Waals surface area (Å²) < 4.78 is 19.8. The predicted molar refractivity (Wildman–Crippen MR) is 114 cm³/mol. The van der Waals surface area contributed by atoms with Crippen molar-refractivity contribution >= 4 is 0 Å². The third-order valence-electron chi connectivity index (χ3n) is 7.35. The Bertz CT molecular complexity index is 734. The Morgan fingerprint density at radius 2 is 1.83 bits per heavy atom. The summed E-state index contributed by atoms with van der Waals surface area (Å²) in [5.74, 6) is 2.22. The fourth-order valence-corrected chi connectivity index (χ4v) is 5.82. The molecule has 4 heteroatoms. The van der Waals surface area contributed by atoms with E-state index in [-0.39, 0.29) is 12.2 Å². The van der Waals surface area contributed by atoms with Gasteiger partial charge >= 0.3 is 0 Å². The van der Waals surface area contributed by atoms with Gasteiger partial charge in [-0.1, -0.05) is 37.8 Å². The number of ether oxygens (including phenoxy) is 3. The highest BCUT2D eigenvalue weighted by Crippen LogP contribution is 2.51. The predicted octanol–water partition coefficient (Wildman–Crippen LogP) is 5.46. The third-order valence-corrected chi connectivity index (χ3v) is 7.35. The standard InChI is InChI=1S/C25H35NO3/c1-2-15-26-17-23-19-11-12-21-24(29-25(28-21)13-7-4-8-14-25)20(19)16-22(27-23)18-9-5-3-6-10-18/h2,11-12,18,22-23,26H,1,3-10,13-17H2. The number of nitrogens with one attached hydrogen (secondary N) is 1. The molecule has 2 aliphatic carbocycles. The van der Waals surface area contributed by atoms with E-state index in [4.69, 9.17) is 14.2 Å². The minimum Gasteiger partial charge on any atom is -0.448 e. The number of hydrogen-bond donors (Lipinski definition) is 1. The monoisotopic (exact) mass is 397 g/mol. The SMILES string of the molecule is C=CCNCC1OC(C2CCCCC2)Cc2c1ccc1c2OC2(CCCCC2)O1. The highest BCUT2D eigenvalue weighted by atomic mass is 16.7. The highest BCUT2D eigenvalue weighted by molar-refractivity contribution is 5.55. The van der Waals surface area contributed by atoms with E-state index in [1.54, 1.807) is 0 Å². The smallest absolute Gasteiger partial charge is 0.251 e. The van der Waals surface area contributed by atoms with Crippen LogP contribution in [0.4, 0.5) is 0 Å². The van der Waals surface area contributed by atoms with Crippen LogP contribution < -0.4 is 14.8 Å². The lowest BCUT2D eigenvalue weighted by Crippen LogP contribution is -2.40. The van der Waals surface area contributed by atoms with Gasteiger partial charge in [0.2, 0.25) is 0 Å². The largest absolute Gasteiger partial charge is 0.448 e. The summed E-state index contributed by atoms with van der Waals surface area (Å²) in [4.78, 5) is 0. The molecule has 0 amide bonds. The first-order valence-corrected chi connectivity index (χ1v) is 11.8. The van der Waals surface area contributed by atoms with Crippen molar-refractivity contribution in [2.45, 2.75) is 88.6 Å². The zero-order valence-corrected chi connectivity index (χ0v) is 17.6. The molecule has 5 rings (SSSR count). The lowest BCUT2D eigenvalue weighted by atomic mass is 9.80. The van der Waals surface area contributed by atoms with Gasteiger partial charge in [0.25, 0.3) is 5.79 Å². The van der Waals surface area contributed by atoms with Gasteiger partial charge in [0, 0.05) is 37.9 Å². The molecule has 0 aromatic heterocycles. The first kappa shape index (κ1) is 19.4. The van der Waals surface area contributed by atoms with Gasteiger partial charge in [-0.15, -0.1) is 6.58 Å². The lowest BCUT2D eigenvalue weighted by molar-refractivity contribution is -0.106. The Morgan fingerprint density at radius 1 is 1.03 bits per heavy atom. The van der Waals surface area contributed by atoms with Crippen LogP contribution in [-0.4, -0.2) is 25.0 Å². The first-order valence-electron chi connectivity index (χ1n) is 11.8. The van der Waals surface area contributed by atoms with Gasteiger partial charge in [-0.05, 0) is 43.2 Å². The molecule has 1 N–H and O–H groups in total. The quantitative estimate of drug-likeness (QED) is 0.529. The summed E-state index contributed by atoms with van der Waals surface area (Å²) in [6.45, 7) is 5.45. The van der Waals surface area contributed by atoms with Crippen LogP contribution in [-0.2, 0) is 11.2 Å². The van der Waals surface area contributed by atoms with Crippen LogP contribution in [0.3, 0.4) is 0 Å². The van der Waals surface area contributed by atoms with E-state index < -0.39 is 5.79 Å². The Morgan fingerprint density at radius 3 is 2.62 bits per heavy atom. The third kappa shape index (κ3) is 3.82. The molecule has 0 saturated heterocycles. The zero-order valence-electron chi connectivity index (χ0n) is 17.6. The van der Waals surface area contributed by atoms with Crippen molar-refractivity contribution < 1.29 is 14.2 Å². The molecule has 1 spiro atoms. The summed E-state index contributed by atoms with van der Waals surface area (Å²) in [6, 6.07) is 4.33. The fraction of sp³-hybridized carbons (Fsp3) is 0.680. The normalized spacial score (nSPS) is 28.3. The molecule has 1 aromatic rings. The average Bonchev–Trinajstić information content (AvgIpc) is 3.12. The van der Waals surface area contributed by atoms with Crippen LogP contribution in [0.1, 0.15) is 81.4 Å². The minimum atomic E-state index is -0.412. The molecule has 158 valence electrons. The summed E-state index contributed by atoms with van der Waals surface area (Å²) in [5, 5.41) is 3.48. The Balaban J connectivity index is 1.44. The van der Waals surface area contributed by atoms with E-state index in [2.05, 4.69) is 24.0 Å². The number of hydrogen-bond acceptors (Lipinski definition) is 4. The van der Waals surface area contributed by atoms with E-state index in [9.17, 15) is 0 Å². The topological polar surface area (TPSA) is 39.7 Å².